The number of carboxylic acid groups (broad SMARTS) is 1. The lowest BCUT2D eigenvalue weighted by molar-refractivity contribution is -0.161. The minimum absolute atomic E-state index is 0.0495. The predicted octanol–water partition coefficient (Wildman–Crippen LogP) is 3.48. The Hall–Kier alpha value is -2.92. The number of benzene rings is 2. The molecule has 140 valence electrons. The Morgan fingerprint density at radius 3 is 2.07 bits per heavy atom. The molecule has 3 rings (SSSR count). The van der Waals surface area contributed by atoms with E-state index in [4.69, 9.17) is 10.5 Å². The number of carboxylic acids is 1. The maximum absolute atomic E-state index is 12.5. The molecule has 2 aromatic carbocycles. The van der Waals surface area contributed by atoms with E-state index in [2.05, 4.69) is 0 Å². The summed E-state index contributed by atoms with van der Waals surface area (Å²) < 4.78 is 5.42. The van der Waals surface area contributed by atoms with Crippen molar-refractivity contribution >= 4 is 11.9 Å². The number of carbonyl (C=O) groups excluding carboxylic acids is 1. The molecule has 0 fully saturated rings. The molecule has 0 heterocycles. The van der Waals surface area contributed by atoms with E-state index < -0.39 is 17.5 Å². The van der Waals surface area contributed by atoms with Crippen molar-refractivity contribution in [1.82, 2.24) is 0 Å². The first-order chi connectivity index (χ1) is 12.8. The van der Waals surface area contributed by atoms with Crippen LogP contribution in [0.4, 0.5) is 0 Å². The fourth-order valence-electron chi connectivity index (χ4n) is 3.35. The number of fused-ring (bicyclic) bond motifs is 3. The van der Waals surface area contributed by atoms with Crippen LogP contribution in [-0.4, -0.2) is 29.2 Å². The number of ether oxygens (including phenoxy) is 1. The van der Waals surface area contributed by atoms with Crippen molar-refractivity contribution in [2.75, 3.05) is 6.61 Å². The highest BCUT2D eigenvalue weighted by Crippen LogP contribution is 2.44. The second kappa shape index (κ2) is 7.37. The molecule has 0 amide bonds. The lowest BCUT2D eigenvalue weighted by Crippen LogP contribution is -2.55. The highest BCUT2D eigenvalue weighted by molar-refractivity contribution is 6.04. The van der Waals surface area contributed by atoms with Gasteiger partial charge in [0.05, 0.1) is 0 Å². The fraction of sp³-hybridized carbons (Fsp3) is 0.273. The average molecular weight is 365 g/mol. The zero-order valence-electron chi connectivity index (χ0n) is 15.4. The van der Waals surface area contributed by atoms with Crippen molar-refractivity contribution in [2.24, 2.45) is 5.73 Å². The Kier molecular flexibility index (Phi) is 5.15. The lowest BCUT2D eigenvalue weighted by atomic mass is 9.95. The fourth-order valence-corrected chi connectivity index (χ4v) is 3.35. The monoisotopic (exact) mass is 365 g/mol. The van der Waals surface area contributed by atoms with Crippen LogP contribution in [0.1, 0.15) is 37.3 Å². The highest BCUT2D eigenvalue weighted by Gasteiger charge is 2.43. The number of allylic oxidation sites excluding steroid dienone is 1. The van der Waals surface area contributed by atoms with E-state index >= 15 is 0 Å². The summed E-state index contributed by atoms with van der Waals surface area (Å²) >= 11 is 0. The van der Waals surface area contributed by atoms with E-state index in [1.165, 1.54) is 0 Å². The molecule has 5 nitrogen and oxygen atoms in total. The van der Waals surface area contributed by atoms with Crippen molar-refractivity contribution in [3.63, 3.8) is 0 Å². The van der Waals surface area contributed by atoms with Crippen molar-refractivity contribution < 1.29 is 19.4 Å². The van der Waals surface area contributed by atoms with Gasteiger partial charge >= 0.3 is 11.9 Å². The summed E-state index contributed by atoms with van der Waals surface area (Å²) in [5, 5.41) is 9.47. The number of rotatable bonds is 6. The summed E-state index contributed by atoms with van der Waals surface area (Å²) in [6, 6.07) is 15.9. The van der Waals surface area contributed by atoms with Gasteiger partial charge in [-0.2, -0.15) is 0 Å². The Morgan fingerprint density at radius 1 is 1.07 bits per heavy atom. The third-order valence-corrected chi connectivity index (χ3v) is 4.92. The summed E-state index contributed by atoms with van der Waals surface area (Å²) in [6.07, 6.45) is 1.52. The second-order valence-electron chi connectivity index (χ2n) is 7.09. The van der Waals surface area contributed by atoms with Crippen molar-refractivity contribution in [3.8, 4) is 11.1 Å². The molecule has 0 spiro atoms. The van der Waals surface area contributed by atoms with Crippen LogP contribution in [0.15, 0.2) is 60.2 Å². The van der Waals surface area contributed by atoms with E-state index in [0.29, 0.717) is 0 Å². The van der Waals surface area contributed by atoms with Crippen molar-refractivity contribution in [2.45, 2.75) is 31.7 Å². The number of carbonyl (C=O) groups is 2. The van der Waals surface area contributed by atoms with Gasteiger partial charge in [0.25, 0.3) is 0 Å². The molecule has 27 heavy (non-hydrogen) atoms. The maximum atomic E-state index is 12.5. The number of nitrogens with two attached hydrogens (primary N) is 1. The van der Waals surface area contributed by atoms with Gasteiger partial charge in [0.1, 0.15) is 6.61 Å². The van der Waals surface area contributed by atoms with Crippen LogP contribution in [0.3, 0.4) is 0 Å². The quantitative estimate of drug-likeness (QED) is 0.465. The Labute approximate surface area is 158 Å². The minimum Gasteiger partial charge on any atom is -0.479 e. The van der Waals surface area contributed by atoms with Crippen LogP contribution in [0.2, 0.25) is 0 Å². The molecule has 5 heteroatoms. The van der Waals surface area contributed by atoms with E-state index in [-0.39, 0.29) is 18.9 Å². The molecule has 0 saturated carbocycles. The molecule has 1 atom stereocenters. The van der Waals surface area contributed by atoms with Crippen LogP contribution < -0.4 is 5.73 Å². The third kappa shape index (κ3) is 3.51. The normalized spacial score (nSPS) is 14.6. The first kappa shape index (κ1) is 18.9. The number of esters is 1. The summed E-state index contributed by atoms with van der Waals surface area (Å²) in [6.45, 7) is 3.69. The summed E-state index contributed by atoms with van der Waals surface area (Å²) in [5.74, 6) is -2.45. The molecule has 1 aliphatic carbocycles. The molecule has 0 aliphatic heterocycles. The van der Waals surface area contributed by atoms with Crippen molar-refractivity contribution in [3.05, 3.63) is 71.3 Å². The Balaban J connectivity index is 1.83. The topological polar surface area (TPSA) is 89.6 Å². The standard InChI is InChI=1S/C22H23NO4/c1-14(2)11-12-22(23,20(24)25)21(26)27-13-19-17-9-5-3-7-15(17)16-8-4-6-10-18(16)19/h3-11,19H,12-13,23H2,1-2H3,(H,24,25)/t22-/m0/s1. The molecule has 0 bridgehead atoms. The molecule has 2 aromatic rings. The Morgan fingerprint density at radius 2 is 1.59 bits per heavy atom. The van der Waals surface area contributed by atoms with Gasteiger partial charge < -0.3 is 15.6 Å². The first-order valence-corrected chi connectivity index (χ1v) is 8.85. The minimum atomic E-state index is -2.09. The van der Waals surface area contributed by atoms with Crippen LogP contribution >= 0.6 is 0 Å². The van der Waals surface area contributed by atoms with Gasteiger partial charge in [-0.1, -0.05) is 60.2 Å². The van der Waals surface area contributed by atoms with E-state index in [9.17, 15) is 14.7 Å². The van der Waals surface area contributed by atoms with Crippen LogP contribution in [0.5, 0.6) is 0 Å². The van der Waals surface area contributed by atoms with Crippen LogP contribution in [0, 0.1) is 0 Å². The van der Waals surface area contributed by atoms with Gasteiger partial charge in [0.2, 0.25) is 5.54 Å². The second-order valence-corrected chi connectivity index (χ2v) is 7.09. The molecule has 0 saturated heterocycles. The van der Waals surface area contributed by atoms with Crippen LogP contribution in [0.25, 0.3) is 11.1 Å². The van der Waals surface area contributed by atoms with E-state index in [1.807, 2.05) is 62.4 Å². The van der Waals surface area contributed by atoms with E-state index in [1.54, 1.807) is 6.08 Å². The molecule has 3 N–H and O–H groups in total. The zero-order valence-corrected chi connectivity index (χ0v) is 15.4. The van der Waals surface area contributed by atoms with Crippen LogP contribution in [-0.2, 0) is 14.3 Å². The van der Waals surface area contributed by atoms with Gasteiger partial charge in [-0.25, -0.2) is 9.59 Å². The molecule has 0 aromatic heterocycles. The molecule has 0 unspecified atom stereocenters. The zero-order chi connectivity index (χ0) is 19.6. The van der Waals surface area contributed by atoms with Crippen molar-refractivity contribution in [1.29, 1.82) is 0 Å². The summed E-state index contributed by atoms with van der Waals surface area (Å²) in [5.41, 5.74) is 9.03. The molecular formula is C22H23NO4. The highest BCUT2D eigenvalue weighted by atomic mass is 16.5. The van der Waals surface area contributed by atoms with Gasteiger partial charge in [-0.15, -0.1) is 0 Å². The van der Waals surface area contributed by atoms with Gasteiger partial charge in [-0.05, 0) is 36.1 Å². The number of hydrogen-bond acceptors (Lipinski definition) is 4. The molecule has 1 aliphatic rings. The number of hydrogen-bond donors (Lipinski definition) is 2. The summed E-state index contributed by atoms with van der Waals surface area (Å²) in [4.78, 5) is 24.2. The predicted molar refractivity (Wildman–Crippen MR) is 103 cm³/mol. The van der Waals surface area contributed by atoms with Gasteiger partial charge in [0, 0.05) is 12.3 Å². The third-order valence-electron chi connectivity index (χ3n) is 4.92. The summed E-state index contributed by atoms with van der Waals surface area (Å²) in [7, 11) is 0. The largest absolute Gasteiger partial charge is 0.479 e. The lowest BCUT2D eigenvalue weighted by Gasteiger charge is -2.23. The smallest absolute Gasteiger partial charge is 0.338 e. The maximum Gasteiger partial charge on any atom is 0.338 e. The molecular weight excluding hydrogens is 342 g/mol. The first-order valence-electron chi connectivity index (χ1n) is 8.85. The Bertz CT molecular complexity index is 869. The van der Waals surface area contributed by atoms with Gasteiger partial charge in [-0.3, -0.25) is 0 Å². The van der Waals surface area contributed by atoms with Gasteiger partial charge in [0.15, 0.2) is 0 Å². The average Bonchev–Trinajstić information content (AvgIpc) is 2.98. The SMILES string of the molecule is CC(C)=CC[C@](N)(C(=O)O)C(=O)OCC1c2ccccc2-c2ccccc21. The molecule has 0 radical (unpaired) electrons. The number of aliphatic carboxylic acids is 1. The van der Waals surface area contributed by atoms with E-state index in [0.717, 1.165) is 27.8 Å².